The second kappa shape index (κ2) is 9.84. The Balaban J connectivity index is 0. The molecular weight excluding hydrogens is 291 g/mol. The van der Waals surface area contributed by atoms with Crippen LogP contribution in [0.1, 0.15) is 19.3 Å². The zero-order valence-corrected chi connectivity index (χ0v) is 12.7. The van der Waals surface area contributed by atoms with Gasteiger partial charge in [-0.2, -0.15) is 7.82 Å². The summed E-state index contributed by atoms with van der Waals surface area (Å²) in [7, 11) is 0.880. The molecule has 0 heterocycles. The van der Waals surface area contributed by atoms with E-state index in [1.165, 1.54) is 0 Å². The minimum absolute atomic E-state index is 0.0692. The van der Waals surface area contributed by atoms with Gasteiger partial charge < -0.3 is 34.2 Å². The van der Waals surface area contributed by atoms with Gasteiger partial charge in [-0.25, -0.2) is 0 Å². The third-order valence-electron chi connectivity index (χ3n) is 1.89. The van der Waals surface area contributed by atoms with Crippen molar-refractivity contribution in [3.05, 3.63) is 0 Å². The van der Waals surface area contributed by atoms with E-state index in [-0.39, 0.29) is 18.7 Å². The highest BCUT2D eigenvalue weighted by atomic mass is 31.2. The molecule has 0 saturated carbocycles. The largest absolute Gasteiger partial charge is 0.822 e. The maximum absolute atomic E-state index is 11.1. The van der Waals surface area contributed by atoms with Gasteiger partial charge in [-0.1, -0.05) is 0 Å². The van der Waals surface area contributed by atoms with E-state index in [2.05, 4.69) is 26.5 Å². The van der Waals surface area contributed by atoms with Crippen LogP contribution >= 0.6 is 7.82 Å². The second-order valence-corrected chi connectivity index (χ2v) is 5.95. The Morgan fingerprint density at radius 2 is 1.60 bits per heavy atom. The van der Waals surface area contributed by atoms with Crippen molar-refractivity contribution in [2.24, 2.45) is 0 Å². The van der Waals surface area contributed by atoms with Crippen LogP contribution in [0.15, 0.2) is 0 Å². The molecule has 0 aromatic rings. The van der Waals surface area contributed by atoms with E-state index in [4.69, 9.17) is 24.4 Å². The van der Waals surface area contributed by atoms with E-state index < -0.39 is 13.8 Å². The molecule has 20 heavy (non-hydrogen) atoms. The van der Waals surface area contributed by atoms with Crippen LogP contribution in [0.5, 0.6) is 0 Å². The molecule has 0 bridgehead atoms. The summed E-state index contributed by atoms with van der Waals surface area (Å²) in [5.41, 5.74) is 0. The second-order valence-electron chi connectivity index (χ2n) is 5.06. The summed E-state index contributed by atoms with van der Waals surface area (Å²) < 4.78 is 9.41. The normalized spacial score (nSPS) is 11.3. The van der Waals surface area contributed by atoms with Gasteiger partial charge in [0.15, 0.2) is 0 Å². The zero-order valence-electron chi connectivity index (χ0n) is 11.8. The molecule has 0 fully saturated rings. The first-order valence-corrected chi connectivity index (χ1v) is 7.29. The van der Waals surface area contributed by atoms with Crippen LogP contribution in [0.4, 0.5) is 0 Å². The minimum Gasteiger partial charge on any atom is -0.822 e. The molecule has 2 N–H and O–H groups in total. The number of quaternary nitrogens is 1. The van der Waals surface area contributed by atoms with E-state index in [1.807, 2.05) is 0 Å². The summed E-state index contributed by atoms with van der Waals surface area (Å²) >= 11 is 0. The molecular formula is C10H21N2O7P-2. The maximum atomic E-state index is 11.1. The number of hydrogen-bond acceptors (Lipinski definition) is 6. The van der Waals surface area contributed by atoms with Gasteiger partial charge in [0.05, 0.1) is 34.1 Å². The monoisotopic (exact) mass is 312 g/mol. The lowest BCUT2D eigenvalue weighted by Gasteiger charge is -2.36. The molecule has 0 rings (SSSR count). The quantitative estimate of drug-likeness (QED) is 0.293. The fraction of sp³-hybridized carbons (Fsp3) is 0.800. The molecule has 9 nitrogen and oxygen atoms in total. The Labute approximate surface area is 118 Å². The zero-order chi connectivity index (χ0) is 16.4. The molecule has 0 radical (unpaired) electrons. The Hall–Kier alpha value is -0.990. The first-order valence-electron chi connectivity index (χ1n) is 5.83. The van der Waals surface area contributed by atoms with Crippen LogP contribution in [0.3, 0.4) is 0 Å². The first kappa shape index (κ1) is 21.3. The molecule has 0 aromatic heterocycles. The van der Waals surface area contributed by atoms with Crippen LogP contribution in [0, 0.1) is 0 Å². The standard InChI is InChI=1S/C10H20N2O3.H3O4P/c1-12(2,3)8-4-7-11-9(13)5-6-10(14)15;1-5(2,3)4/h4-8H2,1-3H3,(H-,11,13,14,15);(H3,1,2,3,4)/p-2. The number of nitrogens with one attached hydrogen (secondary N) is 1. The molecule has 0 aliphatic heterocycles. The topological polar surface area (TPSA) is 153 Å². The fourth-order valence-electron chi connectivity index (χ4n) is 1.09. The molecule has 0 aromatic carbocycles. The minimum atomic E-state index is -5.39. The average molecular weight is 312 g/mol. The number of amides is 1. The maximum Gasteiger partial charge on any atom is 0.303 e. The van der Waals surface area contributed by atoms with Crippen molar-refractivity contribution in [2.75, 3.05) is 34.2 Å². The lowest BCUT2D eigenvalue weighted by atomic mass is 10.3. The molecule has 0 atom stereocenters. The van der Waals surface area contributed by atoms with Gasteiger partial charge in [0.25, 0.3) is 0 Å². The van der Waals surface area contributed by atoms with Gasteiger partial charge >= 0.3 is 5.97 Å². The van der Waals surface area contributed by atoms with Crippen LogP contribution in [0.2, 0.25) is 0 Å². The van der Waals surface area contributed by atoms with Crippen molar-refractivity contribution in [1.29, 1.82) is 0 Å². The predicted molar refractivity (Wildman–Crippen MR) is 65.0 cm³/mol. The van der Waals surface area contributed by atoms with Crippen molar-refractivity contribution in [3.63, 3.8) is 0 Å². The molecule has 0 unspecified atom stereocenters. The highest BCUT2D eigenvalue weighted by molar-refractivity contribution is 7.40. The number of aliphatic carboxylic acids is 1. The summed E-state index contributed by atoms with van der Waals surface area (Å²) in [6.07, 6.45) is 0.878. The van der Waals surface area contributed by atoms with Gasteiger partial charge in [0, 0.05) is 19.4 Å². The Morgan fingerprint density at radius 3 is 1.95 bits per heavy atom. The van der Waals surface area contributed by atoms with Crippen LogP contribution in [-0.2, 0) is 14.2 Å². The lowest BCUT2D eigenvalue weighted by Crippen LogP contribution is -2.37. The van der Waals surface area contributed by atoms with Crippen molar-refractivity contribution in [3.8, 4) is 0 Å². The molecule has 0 saturated heterocycles. The van der Waals surface area contributed by atoms with Gasteiger partial charge in [0.1, 0.15) is 0 Å². The number of carboxylic acids is 1. The summed E-state index contributed by atoms with van der Waals surface area (Å²) in [6.45, 7) is 1.60. The van der Waals surface area contributed by atoms with Crippen molar-refractivity contribution in [2.45, 2.75) is 19.3 Å². The number of carbonyl (C=O) groups is 2. The highest BCUT2D eigenvalue weighted by Gasteiger charge is 2.07. The SMILES string of the molecule is C[N+](C)(C)CCCNC(=O)CCC(=O)O.O=P([O-])([O-])[O-]. The summed E-state index contributed by atoms with van der Waals surface area (Å²) in [6, 6.07) is 0. The Kier molecular flexibility index (Phi) is 10.5. The van der Waals surface area contributed by atoms with Gasteiger partial charge in [0.2, 0.25) is 5.91 Å². The number of rotatable bonds is 7. The average Bonchev–Trinajstić information content (AvgIpc) is 2.17. The van der Waals surface area contributed by atoms with E-state index >= 15 is 0 Å². The van der Waals surface area contributed by atoms with E-state index in [9.17, 15) is 9.59 Å². The van der Waals surface area contributed by atoms with Crippen molar-refractivity contribution < 1.29 is 38.4 Å². The molecule has 0 spiro atoms. The van der Waals surface area contributed by atoms with Gasteiger partial charge in [-0.05, 0) is 0 Å². The summed E-state index contributed by atoms with van der Waals surface area (Å²) in [5.74, 6) is -1.12. The molecule has 10 heteroatoms. The van der Waals surface area contributed by atoms with E-state index in [1.54, 1.807) is 0 Å². The van der Waals surface area contributed by atoms with Crippen LogP contribution in [-0.4, -0.2) is 55.7 Å². The number of carbonyl (C=O) groups excluding carboxylic acids is 1. The number of hydrogen-bond donors (Lipinski definition) is 2. The first-order chi connectivity index (χ1) is 8.81. The van der Waals surface area contributed by atoms with E-state index in [0.29, 0.717) is 6.54 Å². The third kappa shape index (κ3) is 30.2. The van der Waals surface area contributed by atoms with Gasteiger partial charge in [-0.3, -0.25) is 9.59 Å². The molecule has 1 amide bonds. The van der Waals surface area contributed by atoms with Crippen molar-refractivity contribution in [1.82, 2.24) is 5.32 Å². The Bertz CT molecular complexity index is 340. The van der Waals surface area contributed by atoms with Crippen LogP contribution in [0.25, 0.3) is 0 Å². The van der Waals surface area contributed by atoms with Crippen molar-refractivity contribution >= 4 is 19.7 Å². The van der Waals surface area contributed by atoms with Crippen LogP contribution < -0.4 is 20.0 Å². The van der Waals surface area contributed by atoms with Gasteiger partial charge in [-0.15, -0.1) is 0 Å². The van der Waals surface area contributed by atoms with E-state index in [0.717, 1.165) is 17.4 Å². The molecule has 120 valence electrons. The summed E-state index contributed by atoms with van der Waals surface area (Å²) in [5, 5.41) is 11.1. The summed E-state index contributed by atoms with van der Waals surface area (Å²) in [4.78, 5) is 46.9. The number of phosphoric acid groups is 1. The lowest BCUT2D eigenvalue weighted by molar-refractivity contribution is -0.870. The highest BCUT2D eigenvalue weighted by Crippen LogP contribution is 2.03. The smallest absolute Gasteiger partial charge is 0.303 e. The molecule has 0 aliphatic carbocycles. The fourth-order valence-corrected chi connectivity index (χ4v) is 1.09. The molecule has 0 aliphatic rings. The predicted octanol–water partition coefficient (Wildman–Crippen LogP) is -2.76. The number of nitrogens with zero attached hydrogens (tertiary/aromatic N) is 1. The third-order valence-corrected chi connectivity index (χ3v) is 1.89. The number of carboxylic acid groups (broad SMARTS) is 1. The Morgan fingerprint density at radius 1 is 1.15 bits per heavy atom.